The van der Waals surface area contributed by atoms with E-state index < -0.39 is 0 Å². The molecule has 5 nitrogen and oxygen atoms in total. The Hall–Kier alpha value is -3.34. The van der Waals surface area contributed by atoms with Crippen LogP contribution in [0.25, 0.3) is 0 Å². The van der Waals surface area contributed by atoms with E-state index in [2.05, 4.69) is 18.2 Å². The first kappa shape index (κ1) is 17.7. The molecule has 3 aliphatic rings. The van der Waals surface area contributed by atoms with Gasteiger partial charge in [0.15, 0.2) is 0 Å². The van der Waals surface area contributed by atoms with E-state index in [4.69, 9.17) is 14.5 Å². The van der Waals surface area contributed by atoms with Crippen molar-refractivity contribution in [2.24, 2.45) is 16.8 Å². The minimum atomic E-state index is -0.112. The Morgan fingerprint density at radius 3 is 2.79 bits per heavy atom. The van der Waals surface area contributed by atoms with Crippen LogP contribution in [-0.4, -0.2) is 25.8 Å². The van der Waals surface area contributed by atoms with Crippen LogP contribution in [0.15, 0.2) is 71.4 Å². The van der Waals surface area contributed by atoms with E-state index in [1.807, 2.05) is 36.4 Å². The number of ether oxygens (including phenoxy) is 2. The van der Waals surface area contributed by atoms with Crippen LogP contribution in [0.3, 0.4) is 0 Å². The summed E-state index contributed by atoms with van der Waals surface area (Å²) in [5, 5.41) is 0. The number of methoxy groups -OCH3 is 2. The molecule has 0 N–H and O–H groups in total. The number of benzene rings is 2. The van der Waals surface area contributed by atoms with E-state index in [-0.39, 0.29) is 5.91 Å². The number of carbonyl (C=O) groups excluding carboxylic acids is 1. The van der Waals surface area contributed by atoms with Gasteiger partial charge in [-0.1, -0.05) is 30.4 Å². The van der Waals surface area contributed by atoms with Crippen molar-refractivity contribution in [3.63, 3.8) is 0 Å². The molecule has 2 aromatic rings. The zero-order valence-electron chi connectivity index (χ0n) is 16.5. The molecule has 5 heteroatoms. The Morgan fingerprint density at radius 1 is 1.10 bits per heavy atom. The number of para-hydroxylation sites is 1. The van der Waals surface area contributed by atoms with Crippen molar-refractivity contribution in [1.82, 2.24) is 0 Å². The monoisotopic (exact) mass is 386 g/mol. The van der Waals surface area contributed by atoms with E-state index in [1.165, 1.54) is 6.42 Å². The zero-order valence-corrected chi connectivity index (χ0v) is 16.5. The minimum Gasteiger partial charge on any atom is -0.497 e. The van der Waals surface area contributed by atoms with Gasteiger partial charge in [0.05, 0.1) is 19.9 Å². The lowest BCUT2D eigenvalue weighted by atomic mass is 10.1. The van der Waals surface area contributed by atoms with Crippen LogP contribution in [0, 0.1) is 11.8 Å². The van der Waals surface area contributed by atoms with Gasteiger partial charge in [-0.2, -0.15) is 0 Å². The van der Waals surface area contributed by atoms with Gasteiger partial charge in [0.1, 0.15) is 22.9 Å². The van der Waals surface area contributed by atoms with E-state index >= 15 is 0 Å². The summed E-state index contributed by atoms with van der Waals surface area (Å²) in [6.45, 7) is 0. The highest BCUT2D eigenvalue weighted by molar-refractivity contribution is 6.55. The number of nitrogens with zero attached hydrogens (tertiary/aromatic N) is 2. The largest absolute Gasteiger partial charge is 0.497 e. The number of hydrogen-bond acceptors (Lipinski definition) is 4. The molecule has 1 amide bonds. The number of rotatable bonds is 4. The molecule has 1 fully saturated rings. The third-order valence-corrected chi connectivity index (χ3v) is 5.77. The molecule has 2 aliphatic carbocycles. The summed E-state index contributed by atoms with van der Waals surface area (Å²) < 4.78 is 10.7. The molecule has 29 heavy (non-hydrogen) atoms. The summed E-state index contributed by atoms with van der Waals surface area (Å²) in [6.07, 6.45) is 8.78. The Labute approximate surface area is 170 Å². The molecular weight excluding hydrogens is 364 g/mol. The first-order chi connectivity index (χ1) is 14.2. The molecule has 0 radical (unpaired) electrons. The second-order valence-electron chi connectivity index (χ2n) is 7.55. The molecule has 0 saturated heterocycles. The molecule has 0 spiro atoms. The van der Waals surface area contributed by atoms with Gasteiger partial charge in [-0.3, -0.25) is 9.69 Å². The molecule has 146 valence electrons. The topological polar surface area (TPSA) is 51.1 Å². The standard InChI is InChI=1S/C24H22N2O3/c1-28-18-10-11-20(22(14-18)29-2)25-23-19-8-3-4-9-21(19)26(24(23)27)17-7-5-6-15-12-16(15)13-17/h3-5,7-11,13-16H,6,12H2,1-2H3. The first-order valence-electron chi connectivity index (χ1n) is 9.82. The number of carbonyl (C=O) groups is 1. The van der Waals surface area contributed by atoms with Crippen molar-refractivity contribution in [2.45, 2.75) is 12.8 Å². The van der Waals surface area contributed by atoms with Crippen LogP contribution in [0.5, 0.6) is 11.5 Å². The number of anilines is 1. The highest BCUT2D eigenvalue weighted by atomic mass is 16.5. The molecule has 2 unspecified atom stereocenters. The number of allylic oxidation sites excluding steroid dienone is 3. The number of amides is 1. The third kappa shape index (κ3) is 3.03. The molecule has 0 bridgehead atoms. The van der Waals surface area contributed by atoms with Crippen LogP contribution in [0.2, 0.25) is 0 Å². The van der Waals surface area contributed by atoms with E-state index in [0.717, 1.165) is 29.3 Å². The first-order valence-corrected chi connectivity index (χ1v) is 9.82. The lowest BCUT2D eigenvalue weighted by molar-refractivity contribution is -0.111. The molecule has 1 saturated carbocycles. The second kappa shape index (κ2) is 6.92. The van der Waals surface area contributed by atoms with Crippen molar-refractivity contribution >= 4 is 23.0 Å². The van der Waals surface area contributed by atoms with E-state index in [9.17, 15) is 4.79 Å². The fourth-order valence-corrected chi connectivity index (χ4v) is 4.10. The van der Waals surface area contributed by atoms with Gasteiger partial charge in [-0.15, -0.1) is 0 Å². The molecular formula is C24H22N2O3. The maximum absolute atomic E-state index is 13.5. The highest BCUT2D eigenvalue weighted by Crippen LogP contribution is 2.46. The van der Waals surface area contributed by atoms with Crippen LogP contribution in [0.1, 0.15) is 18.4 Å². The SMILES string of the molecule is COc1ccc(N=C2C(=O)N(C3=CC4CC4CC=C3)c3ccccc32)c(OC)c1. The summed E-state index contributed by atoms with van der Waals surface area (Å²) in [5.41, 5.74) is 3.68. The van der Waals surface area contributed by atoms with Gasteiger partial charge in [0.2, 0.25) is 0 Å². The summed E-state index contributed by atoms with van der Waals surface area (Å²) >= 11 is 0. The smallest absolute Gasteiger partial charge is 0.282 e. The normalized spacial score (nSPS) is 23.4. The summed E-state index contributed by atoms with van der Waals surface area (Å²) in [7, 11) is 3.19. The Balaban J connectivity index is 1.60. The van der Waals surface area contributed by atoms with Crippen LogP contribution in [-0.2, 0) is 4.79 Å². The van der Waals surface area contributed by atoms with Gasteiger partial charge in [-0.05, 0) is 49.0 Å². The lowest BCUT2D eigenvalue weighted by Crippen LogP contribution is -2.28. The maximum atomic E-state index is 13.5. The quantitative estimate of drug-likeness (QED) is 0.768. The average Bonchev–Trinajstić information content (AvgIpc) is 3.46. The highest BCUT2D eigenvalue weighted by Gasteiger charge is 2.40. The second-order valence-corrected chi connectivity index (χ2v) is 7.55. The third-order valence-electron chi connectivity index (χ3n) is 5.77. The van der Waals surface area contributed by atoms with Gasteiger partial charge in [0.25, 0.3) is 5.91 Å². The van der Waals surface area contributed by atoms with Crippen LogP contribution >= 0.6 is 0 Å². The van der Waals surface area contributed by atoms with E-state index in [0.29, 0.717) is 28.8 Å². The molecule has 1 aliphatic heterocycles. The van der Waals surface area contributed by atoms with Crippen molar-refractivity contribution in [3.05, 3.63) is 72.0 Å². The van der Waals surface area contributed by atoms with Crippen LogP contribution in [0.4, 0.5) is 11.4 Å². The van der Waals surface area contributed by atoms with Gasteiger partial charge in [-0.25, -0.2) is 4.99 Å². The zero-order chi connectivity index (χ0) is 20.0. The predicted octanol–water partition coefficient (Wildman–Crippen LogP) is 4.65. The Kier molecular flexibility index (Phi) is 4.23. The fraction of sp³-hybridized carbons (Fsp3) is 0.250. The average molecular weight is 386 g/mol. The number of fused-ring (bicyclic) bond motifs is 2. The van der Waals surface area contributed by atoms with Crippen molar-refractivity contribution in [1.29, 1.82) is 0 Å². The predicted molar refractivity (Wildman–Crippen MR) is 113 cm³/mol. The van der Waals surface area contributed by atoms with Gasteiger partial charge < -0.3 is 9.47 Å². The minimum absolute atomic E-state index is 0.112. The molecule has 1 heterocycles. The van der Waals surface area contributed by atoms with Gasteiger partial charge in [0, 0.05) is 17.3 Å². The Morgan fingerprint density at radius 2 is 1.97 bits per heavy atom. The summed E-state index contributed by atoms with van der Waals surface area (Å²) in [5.74, 6) is 2.43. The van der Waals surface area contributed by atoms with Crippen molar-refractivity contribution in [3.8, 4) is 11.5 Å². The maximum Gasteiger partial charge on any atom is 0.282 e. The molecule has 5 rings (SSSR count). The number of hydrogen-bond donors (Lipinski definition) is 0. The van der Waals surface area contributed by atoms with Crippen LogP contribution < -0.4 is 14.4 Å². The summed E-state index contributed by atoms with van der Waals surface area (Å²) in [4.78, 5) is 20.0. The summed E-state index contributed by atoms with van der Waals surface area (Å²) in [6, 6.07) is 13.2. The van der Waals surface area contributed by atoms with Gasteiger partial charge >= 0.3 is 0 Å². The molecule has 0 aromatic heterocycles. The molecule has 2 atom stereocenters. The Bertz CT molecular complexity index is 1080. The lowest BCUT2D eigenvalue weighted by Gasteiger charge is -2.18. The molecule has 2 aromatic carbocycles. The number of aliphatic imine (C=N–C) groups is 1. The van der Waals surface area contributed by atoms with E-state index in [1.54, 1.807) is 25.2 Å². The van der Waals surface area contributed by atoms with Crippen molar-refractivity contribution in [2.75, 3.05) is 19.1 Å². The van der Waals surface area contributed by atoms with Crippen molar-refractivity contribution < 1.29 is 14.3 Å². The fourth-order valence-electron chi connectivity index (χ4n) is 4.10.